The lowest BCUT2D eigenvalue weighted by Gasteiger charge is -2.41. The lowest BCUT2D eigenvalue weighted by molar-refractivity contribution is -0.0659. The summed E-state index contributed by atoms with van der Waals surface area (Å²) in [5, 5.41) is 10.8. The van der Waals surface area contributed by atoms with Gasteiger partial charge in [0.05, 0.1) is 0 Å². The first-order chi connectivity index (χ1) is 7.04. The molecule has 0 aromatic carbocycles. The standard InChI is InChI=1S/C13H20OS/c1-9-5-4-8-13(14,11(9)3)12-7-6-10(2)15-12/h6-7,9,11,14H,4-5,8H2,1-3H3. The molecule has 84 valence electrons. The summed E-state index contributed by atoms with van der Waals surface area (Å²) in [5.41, 5.74) is -0.559. The van der Waals surface area contributed by atoms with Gasteiger partial charge in [0, 0.05) is 9.75 Å². The Hall–Kier alpha value is -0.340. The fraction of sp³-hybridized carbons (Fsp3) is 0.692. The van der Waals surface area contributed by atoms with Crippen LogP contribution in [-0.4, -0.2) is 5.11 Å². The van der Waals surface area contributed by atoms with Gasteiger partial charge in [0.25, 0.3) is 0 Å². The molecule has 1 N–H and O–H groups in total. The lowest BCUT2D eigenvalue weighted by atomic mass is 9.70. The van der Waals surface area contributed by atoms with Gasteiger partial charge < -0.3 is 5.11 Å². The smallest absolute Gasteiger partial charge is 0.102 e. The van der Waals surface area contributed by atoms with Crippen molar-refractivity contribution >= 4 is 11.3 Å². The van der Waals surface area contributed by atoms with Gasteiger partial charge in [-0.05, 0) is 43.7 Å². The molecule has 0 bridgehead atoms. The van der Waals surface area contributed by atoms with E-state index >= 15 is 0 Å². The predicted octanol–water partition coefficient (Wildman–Crippen LogP) is 3.70. The Kier molecular flexibility index (Phi) is 2.91. The van der Waals surface area contributed by atoms with Crippen molar-refractivity contribution < 1.29 is 5.11 Å². The minimum absolute atomic E-state index is 0.379. The number of hydrogen-bond acceptors (Lipinski definition) is 2. The summed E-state index contributed by atoms with van der Waals surface area (Å²) < 4.78 is 0. The van der Waals surface area contributed by atoms with Gasteiger partial charge in [0.15, 0.2) is 0 Å². The van der Waals surface area contributed by atoms with Crippen LogP contribution in [0.4, 0.5) is 0 Å². The maximum absolute atomic E-state index is 10.8. The number of thiophene rings is 1. The number of aliphatic hydroxyl groups is 1. The number of hydrogen-bond donors (Lipinski definition) is 1. The van der Waals surface area contributed by atoms with Gasteiger partial charge >= 0.3 is 0 Å². The summed E-state index contributed by atoms with van der Waals surface area (Å²) in [6, 6.07) is 4.22. The molecule has 2 rings (SSSR count). The second-order valence-corrected chi connectivity index (χ2v) is 6.28. The van der Waals surface area contributed by atoms with Crippen LogP contribution in [0.15, 0.2) is 12.1 Å². The summed E-state index contributed by atoms with van der Waals surface area (Å²) in [4.78, 5) is 2.46. The van der Waals surface area contributed by atoms with Gasteiger partial charge in [-0.3, -0.25) is 0 Å². The molecule has 0 spiro atoms. The van der Waals surface area contributed by atoms with Crippen LogP contribution in [0.5, 0.6) is 0 Å². The van der Waals surface area contributed by atoms with Gasteiger partial charge in [0.2, 0.25) is 0 Å². The zero-order valence-corrected chi connectivity index (χ0v) is 10.6. The number of rotatable bonds is 1. The first-order valence-electron chi connectivity index (χ1n) is 5.83. The van der Waals surface area contributed by atoms with Crippen molar-refractivity contribution in [3.8, 4) is 0 Å². The quantitative estimate of drug-likeness (QED) is 0.771. The monoisotopic (exact) mass is 224 g/mol. The average molecular weight is 224 g/mol. The molecule has 15 heavy (non-hydrogen) atoms. The van der Waals surface area contributed by atoms with Crippen LogP contribution in [0, 0.1) is 18.8 Å². The fourth-order valence-corrected chi connectivity index (χ4v) is 3.74. The minimum Gasteiger partial charge on any atom is -0.384 e. The Morgan fingerprint density at radius 1 is 1.40 bits per heavy atom. The molecular formula is C13H20OS. The van der Waals surface area contributed by atoms with Crippen molar-refractivity contribution in [2.75, 3.05) is 0 Å². The summed E-state index contributed by atoms with van der Waals surface area (Å²) in [7, 11) is 0. The summed E-state index contributed by atoms with van der Waals surface area (Å²) in [5.74, 6) is 1.01. The molecule has 1 fully saturated rings. The molecule has 1 nitrogen and oxygen atoms in total. The van der Waals surface area contributed by atoms with E-state index in [1.807, 2.05) is 0 Å². The van der Waals surface area contributed by atoms with E-state index < -0.39 is 5.60 Å². The lowest BCUT2D eigenvalue weighted by Crippen LogP contribution is -2.39. The zero-order chi connectivity index (χ0) is 11.1. The van der Waals surface area contributed by atoms with Crippen molar-refractivity contribution in [3.05, 3.63) is 21.9 Å². The molecule has 0 radical (unpaired) electrons. The van der Waals surface area contributed by atoms with Crippen LogP contribution < -0.4 is 0 Å². The van der Waals surface area contributed by atoms with Crippen molar-refractivity contribution in [1.29, 1.82) is 0 Å². The van der Waals surface area contributed by atoms with Gasteiger partial charge in [-0.1, -0.05) is 20.3 Å². The second kappa shape index (κ2) is 3.91. The molecule has 1 aromatic heterocycles. The summed E-state index contributed by atoms with van der Waals surface area (Å²) in [6.07, 6.45) is 3.34. The largest absolute Gasteiger partial charge is 0.384 e. The van der Waals surface area contributed by atoms with Gasteiger partial charge in [-0.2, -0.15) is 0 Å². The van der Waals surface area contributed by atoms with E-state index in [2.05, 4.69) is 32.9 Å². The molecule has 1 aromatic rings. The van der Waals surface area contributed by atoms with E-state index in [0.717, 1.165) is 12.8 Å². The van der Waals surface area contributed by atoms with E-state index in [9.17, 15) is 5.11 Å². The van der Waals surface area contributed by atoms with E-state index in [-0.39, 0.29) is 0 Å². The molecule has 3 atom stereocenters. The minimum atomic E-state index is -0.559. The topological polar surface area (TPSA) is 20.2 Å². The molecule has 0 saturated heterocycles. The highest BCUT2D eigenvalue weighted by atomic mass is 32.1. The first-order valence-corrected chi connectivity index (χ1v) is 6.65. The second-order valence-electron chi connectivity index (χ2n) is 4.99. The Labute approximate surface area is 96.1 Å². The molecule has 1 aliphatic rings. The van der Waals surface area contributed by atoms with Crippen LogP contribution >= 0.6 is 11.3 Å². The maximum Gasteiger partial charge on any atom is 0.102 e. The Morgan fingerprint density at radius 2 is 2.13 bits per heavy atom. The molecule has 3 unspecified atom stereocenters. The van der Waals surface area contributed by atoms with E-state index in [4.69, 9.17) is 0 Å². The van der Waals surface area contributed by atoms with Gasteiger partial charge in [0.1, 0.15) is 5.60 Å². The molecular weight excluding hydrogens is 204 g/mol. The Bertz CT molecular complexity index is 344. The SMILES string of the molecule is Cc1ccc(C2(O)CCCC(C)C2C)s1. The molecule has 0 amide bonds. The highest BCUT2D eigenvalue weighted by Crippen LogP contribution is 2.46. The normalized spacial score (nSPS) is 36.8. The van der Waals surface area contributed by atoms with Crippen LogP contribution in [0.3, 0.4) is 0 Å². The predicted molar refractivity (Wildman–Crippen MR) is 65.1 cm³/mol. The summed E-state index contributed by atoms with van der Waals surface area (Å²) in [6.45, 7) is 6.56. The molecule has 1 saturated carbocycles. The van der Waals surface area contributed by atoms with Crippen LogP contribution in [0.1, 0.15) is 42.9 Å². The van der Waals surface area contributed by atoms with Gasteiger partial charge in [-0.15, -0.1) is 11.3 Å². The summed E-state index contributed by atoms with van der Waals surface area (Å²) >= 11 is 1.75. The average Bonchev–Trinajstić information content (AvgIpc) is 2.62. The number of aryl methyl sites for hydroxylation is 1. The Morgan fingerprint density at radius 3 is 2.73 bits per heavy atom. The van der Waals surface area contributed by atoms with Crippen molar-refractivity contribution in [2.45, 2.75) is 45.6 Å². The maximum atomic E-state index is 10.8. The van der Waals surface area contributed by atoms with Crippen LogP contribution in [0.25, 0.3) is 0 Å². The van der Waals surface area contributed by atoms with Crippen LogP contribution in [-0.2, 0) is 5.60 Å². The molecule has 1 aliphatic carbocycles. The van der Waals surface area contributed by atoms with Crippen molar-refractivity contribution in [3.63, 3.8) is 0 Å². The van der Waals surface area contributed by atoms with E-state index in [1.165, 1.54) is 16.2 Å². The molecule has 2 heteroatoms. The highest BCUT2D eigenvalue weighted by Gasteiger charge is 2.41. The van der Waals surface area contributed by atoms with Crippen molar-refractivity contribution in [1.82, 2.24) is 0 Å². The van der Waals surface area contributed by atoms with E-state index in [0.29, 0.717) is 11.8 Å². The molecule has 1 heterocycles. The van der Waals surface area contributed by atoms with Gasteiger partial charge in [-0.25, -0.2) is 0 Å². The third-order valence-corrected chi connectivity index (χ3v) is 5.16. The van der Waals surface area contributed by atoms with Crippen molar-refractivity contribution in [2.24, 2.45) is 11.8 Å². The fourth-order valence-electron chi connectivity index (χ4n) is 2.66. The Balaban J connectivity index is 2.32. The first kappa shape index (κ1) is 11.2. The van der Waals surface area contributed by atoms with Crippen LogP contribution in [0.2, 0.25) is 0 Å². The van der Waals surface area contributed by atoms with E-state index in [1.54, 1.807) is 11.3 Å². The molecule has 0 aliphatic heterocycles. The zero-order valence-electron chi connectivity index (χ0n) is 9.79. The third-order valence-electron chi connectivity index (χ3n) is 3.99. The highest BCUT2D eigenvalue weighted by molar-refractivity contribution is 7.12. The third kappa shape index (κ3) is 1.85.